The Morgan fingerprint density at radius 3 is 2.79 bits per heavy atom. The van der Waals surface area contributed by atoms with Crippen LogP contribution in [-0.2, 0) is 6.42 Å². The van der Waals surface area contributed by atoms with Crippen LogP contribution < -0.4 is 16.4 Å². The molecule has 130 valence electrons. The lowest BCUT2D eigenvalue weighted by atomic mass is 9.91. The van der Waals surface area contributed by atoms with E-state index in [4.69, 9.17) is 5.73 Å². The highest BCUT2D eigenvalue weighted by atomic mass is 16.1. The third kappa shape index (κ3) is 3.38. The van der Waals surface area contributed by atoms with Gasteiger partial charge in [0.25, 0.3) is 5.91 Å². The van der Waals surface area contributed by atoms with Crippen molar-refractivity contribution in [3.63, 3.8) is 0 Å². The van der Waals surface area contributed by atoms with Gasteiger partial charge < -0.3 is 21.4 Å². The number of aryl methyl sites for hydroxylation is 1. The number of hydrogen-bond donors (Lipinski definition) is 4. The minimum absolute atomic E-state index is 0.113. The first-order valence-electron chi connectivity index (χ1n) is 8.87. The highest BCUT2D eigenvalue weighted by molar-refractivity contribution is 6.06. The summed E-state index contributed by atoms with van der Waals surface area (Å²) >= 11 is 0. The van der Waals surface area contributed by atoms with E-state index in [1.165, 1.54) is 0 Å². The van der Waals surface area contributed by atoms with Crippen LogP contribution in [0.2, 0.25) is 0 Å². The van der Waals surface area contributed by atoms with Gasteiger partial charge in [-0.3, -0.25) is 4.79 Å². The largest absolute Gasteiger partial charge is 0.381 e. The van der Waals surface area contributed by atoms with Crippen molar-refractivity contribution in [3.05, 3.63) is 23.5 Å². The van der Waals surface area contributed by atoms with E-state index in [2.05, 4.69) is 33.6 Å². The van der Waals surface area contributed by atoms with Crippen molar-refractivity contribution in [2.75, 3.05) is 12.4 Å². The van der Waals surface area contributed by atoms with Gasteiger partial charge in [0.15, 0.2) is 0 Å². The molecule has 1 aliphatic rings. The zero-order valence-electron chi connectivity index (χ0n) is 14.5. The Balaban J connectivity index is 1.98. The fourth-order valence-corrected chi connectivity index (χ4v) is 3.46. The van der Waals surface area contributed by atoms with E-state index in [-0.39, 0.29) is 5.91 Å². The van der Waals surface area contributed by atoms with Crippen molar-refractivity contribution >= 4 is 22.6 Å². The Labute approximate surface area is 142 Å². The molecule has 0 atom stereocenters. The van der Waals surface area contributed by atoms with Gasteiger partial charge in [0, 0.05) is 36.4 Å². The second kappa shape index (κ2) is 7.21. The van der Waals surface area contributed by atoms with E-state index in [9.17, 15) is 4.79 Å². The summed E-state index contributed by atoms with van der Waals surface area (Å²) in [6.07, 6.45) is 7.81. The summed E-state index contributed by atoms with van der Waals surface area (Å²) in [4.78, 5) is 20.1. The number of carbonyl (C=O) groups is 1. The molecule has 5 N–H and O–H groups in total. The quantitative estimate of drug-likeness (QED) is 0.678. The molecule has 2 aromatic rings. The summed E-state index contributed by atoms with van der Waals surface area (Å²) in [5.41, 5.74) is 9.49. The molecule has 1 fully saturated rings. The molecule has 0 unspecified atom stereocenters. The number of nitrogens with two attached hydrogens (primary N) is 1. The fourth-order valence-electron chi connectivity index (χ4n) is 3.46. The SMILES string of the molecule is CCCc1cc2c(NC3CCC(N)CC3)c(C(=O)NC)cnc2[nH]1. The van der Waals surface area contributed by atoms with Crippen molar-refractivity contribution in [3.8, 4) is 0 Å². The number of anilines is 1. The van der Waals surface area contributed by atoms with Crippen LogP contribution in [0.3, 0.4) is 0 Å². The first kappa shape index (κ1) is 16.8. The Bertz CT molecular complexity index is 716. The molecule has 3 rings (SSSR count). The summed E-state index contributed by atoms with van der Waals surface area (Å²) in [5.74, 6) is -0.113. The van der Waals surface area contributed by atoms with Gasteiger partial charge in [-0.05, 0) is 38.2 Å². The van der Waals surface area contributed by atoms with Crippen LogP contribution in [0.25, 0.3) is 11.0 Å². The smallest absolute Gasteiger partial charge is 0.254 e. The van der Waals surface area contributed by atoms with Gasteiger partial charge in [-0.15, -0.1) is 0 Å². The summed E-state index contributed by atoms with van der Waals surface area (Å²) in [7, 11) is 1.65. The summed E-state index contributed by atoms with van der Waals surface area (Å²) in [5, 5.41) is 7.32. The topological polar surface area (TPSA) is 95.8 Å². The van der Waals surface area contributed by atoms with Gasteiger partial charge in [-0.2, -0.15) is 0 Å². The van der Waals surface area contributed by atoms with E-state index in [1.807, 2.05) is 0 Å². The van der Waals surface area contributed by atoms with Crippen LogP contribution in [-0.4, -0.2) is 35.0 Å². The monoisotopic (exact) mass is 329 g/mol. The number of rotatable bonds is 5. The maximum Gasteiger partial charge on any atom is 0.254 e. The molecule has 24 heavy (non-hydrogen) atoms. The predicted octanol–water partition coefficient (Wildman–Crippen LogP) is 2.56. The highest BCUT2D eigenvalue weighted by Gasteiger charge is 2.22. The Hall–Kier alpha value is -2.08. The molecule has 1 saturated carbocycles. The number of amides is 1. The Morgan fingerprint density at radius 2 is 2.12 bits per heavy atom. The molecule has 2 heterocycles. The number of nitrogens with zero attached hydrogens (tertiary/aromatic N) is 1. The molecule has 0 spiro atoms. The molecular weight excluding hydrogens is 302 g/mol. The van der Waals surface area contributed by atoms with Gasteiger partial charge in [-0.25, -0.2) is 4.98 Å². The van der Waals surface area contributed by atoms with Gasteiger partial charge >= 0.3 is 0 Å². The number of nitrogens with one attached hydrogen (secondary N) is 3. The van der Waals surface area contributed by atoms with E-state index >= 15 is 0 Å². The molecular formula is C18H27N5O. The molecule has 2 aromatic heterocycles. The molecule has 0 aliphatic heterocycles. The molecule has 0 aromatic carbocycles. The first-order chi connectivity index (χ1) is 11.6. The molecule has 0 saturated heterocycles. The van der Waals surface area contributed by atoms with Crippen LogP contribution in [0.4, 0.5) is 5.69 Å². The van der Waals surface area contributed by atoms with E-state index in [0.29, 0.717) is 17.6 Å². The number of fused-ring (bicyclic) bond motifs is 1. The number of aromatic amines is 1. The molecule has 1 amide bonds. The van der Waals surface area contributed by atoms with Crippen molar-refractivity contribution in [1.29, 1.82) is 0 Å². The lowest BCUT2D eigenvalue weighted by molar-refractivity contribution is 0.0963. The van der Waals surface area contributed by atoms with Crippen LogP contribution >= 0.6 is 0 Å². The number of H-pyrrole nitrogens is 1. The number of pyridine rings is 1. The molecule has 6 nitrogen and oxygen atoms in total. The van der Waals surface area contributed by atoms with E-state index < -0.39 is 0 Å². The summed E-state index contributed by atoms with van der Waals surface area (Å²) in [6, 6.07) is 2.78. The minimum atomic E-state index is -0.113. The second-order valence-electron chi connectivity index (χ2n) is 6.69. The fraction of sp³-hybridized carbons (Fsp3) is 0.556. The van der Waals surface area contributed by atoms with Gasteiger partial charge in [-0.1, -0.05) is 13.3 Å². The maximum atomic E-state index is 12.3. The third-order valence-corrected chi connectivity index (χ3v) is 4.83. The Kier molecular flexibility index (Phi) is 5.04. The zero-order chi connectivity index (χ0) is 17.1. The average Bonchev–Trinajstić information content (AvgIpc) is 3.00. The number of hydrogen-bond acceptors (Lipinski definition) is 4. The van der Waals surface area contributed by atoms with Crippen LogP contribution in [0.15, 0.2) is 12.3 Å². The second-order valence-corrected chi connectivity index (χ2v) is 6.69. The van der Waals surface area contributed by atoms with Crippen LogP contribution in [0, 0.1) is 0 Å². The summed E-state index contributed by atoms with van der Waals surface area (Å²) in [6.45, 7) is 2.15. The number of aromatic nitrogens is 2. The standard InChI is InChI=1S/C18H27N5O/c1-3-4-13-9-14-16(22-12-7-5-11(19)6-8-12)15(18(24)20-2)10-21-17(14)23-13/h9-12H,3-8,19H2,1-2H3,(H,20,24)(H2,21,22,23). The molecule has 6 heteroatoms. The lowest BCUT2D eigenvalue weighted by Gasteiger charge is -2.28. The van der Waals surface area contributed by atoms with Crippen LogP contribution in [0.1, 0.15) is 55.1 Å². The van der Waals surface area contributed by atoms with Crippen molar-refractivity contribution in [1.82, 2.24) is 15.3 Å². The van der Waals surface area contributed by atoms with Crippen molar-refractivity contribution in [2.45, 2.75) is 57.5 Å². The van der Waals surface area contributed by atoms with Crippen molar-refractivity contribution < 1.29 is 4.79 Å². The Morgan fingerprint density at radius 1 is 1.38 bits per heavy atom. The summed E-state index contributed by atoms with van der Waals surface area (Å²) < 4.78 is 0. The molecule has 1 aliphatic carbocycles. The zero-order valence-corrected chi connectivity index (χ0v) is 14.5. The van der Waals surface area contributed by atoms with Gasteiger partial charge in [0.1, 0.15) is 5.65 Å². The predicted molar refractivity (Wildman–Crippen MR) is 97.3 cm³/mol. The maximum absolute atomic E-state index is 12.3. The van der Waals surface area contributed by atoms with E-state index in [1.54, 1.807) is 13.2 Å². The minimum Gasteiger partial charge on any atom is -0.381 e. The average molecular weight is 329 g/mol. The van der Waals surface area contributed by atoms with Crippen LogP contribution in [0.5, 0.6) is 0 Å². The van der Waals surface area contributed by atoms with E-state index in [0.717, 1.165) is 60.9 Å². The third-order valence-electron chi connectivity index (χ3n) is 4.83. The lowest BCUT2D eigenvalue weighted by Crippen LogP contribution is -2.33. The first-order valence-corrected chi connectivity index (χ1v) is 8.87. The highest BCUT2D eigenvalue weighted by Crippen LogP contribution is 2.30. The normalized spacial score (nSPS) is 21.0. The van der Waals surface area contributed by atoms with Gasteiger partial charge in [0.2, 0.25) is 0 Å². The number of carbonyl (C=O) groups excluding carboxylic acids is 1. The molecule has 0 bridgehead atoms. The van der Waals surface area contributed by atoms with Crippen molar-refractivity contribution in [2.24, 2.45) is 5.73 Å². The van der Waals surface area contributed by atoms with Gasteiger partial charge in [0.05, 0.1) is 11.3 Å². The molecule has 0 radical (unpaired) electrons.